The summed E-state index contributed by atoms with van der Waals surface area (Å²) >= 11 is 5.90. The van der Waals surface area contributed by atoms with Gasteiger partial charge in [-0.1, -0.05) is 38.4 Å². The Balaban J connectivity index is 2.18. The van der Waals surface area contributed by atoms with Crippen molar-refractivity contribution < 1.29 is 4.43 Å². The van der Waals surface area contributed by atoms with Gasteiger partial charge in [-0.15, -0.1) is 0 Å². The van der Waals surface area contributed by atoms with Gasteiger partial charge < -0.3 is 4.43 Å². The zero-order valence-electron chi connectivity index (χ0n) is 13.8. The summed E-state index contributed by atoms with van der Waals surface area (Å²) in [7, 11) is 0.552. The molecule has 0 spiro atoms. The quantitative estimate of drug-likeness (QED) is 0.705. The summed E-state index contributed by atoms with van der Waals surface area (Å²) in [6.07, 6.45) is 6.27. The molecule has 0 aromatic heterocycles. The second-order valence-corrected chi connectivity index (χ2v) is 13.0. The van der Waals surface area contributed by atoms with Crippen LogP contribution in [0, 0.1) is 5.92 Å². The zero-order valence-corrected chi connectivity index (χ0v) is 15.6. The van der Waals surface area contributed by atoms with Crippen LogP contribution in [0.1, 0.15) is 40.0 Å². The minimum Gasteiger partial charge on any atom is -0.413 e. The highest BCUT2D eigenvalue weighted by Gasteiger charge is 2.48. The van der Waals surface area contributed by atoms with Crippen molar-refractivity contribution in [3.05, 3.63) is 11.6 Å². The van der Waals surface area contributed by atoms with E-state index in [0.29, 0.717) is 24.1 Å². The Bertz CT molecular complexity index is 377. The molecule has 2 unspecified atom stereocenters. The molecule has 2 fully saturated rings. The van der Waals surface area contributed by atoms with Gasteiger partial charge in [0.1, 0.15) is 0 Å². The van der Waals surface area contributed by atoms with Gasteiger partial charge >= 0.3 is 0 Å². The lowest BCUT2D eigenvalue weighted by atomic mass is 9.88. The monoisotopic (exact) mass is 315 g/mol. The predicted molar refractivity (Wildman–Crippen MR) is 89.7 cm³/mol. The van der Waals surface area contributed by atoms with E-state index in [1.54, 1.807) is 5.54 Å². The van der Waals surface area contributed by atoms with E-state index in [2.05, 4.69) is 51.9 Å². The standard InChI is InChI=1S/C16H30ClNOSi/c1-16(2,3)20(5,6)19-15-11-12-7-8-14(18(12)4)13(15)9-10-17/h9-10,12-15H,7-8,11H2,1-6H3/t12?,13-,14?,15+/m1/s1. The lowest BCUT2D eigenvalue weighted by Crippen LogP contribution is -2.54. The number of fused-ring (bicyclic) bond motifs is 2. The van der Waals surface area contributed by atoms with Crippen LogP contribution in [0.25, 0.3) is 0 Å². The largest absolute Gasteiger partial charge is 0.413 e. The lowest BCUT2D eigenvalue weighted by Gasteiger charge is -2.47. The fourth-order valence-electron chi connectivity index (χ4n) is 3.48. The average Bonchev–Trinajstić information content (AvgIpc) is 2.55. The molecule has 2 nitrogen and oxygen atoms in total. The number of rotatable bonds is 3. The maximum atomic E-state index is 6.74. The molecule has 20 heavy (non-hydrogen) atoms. The van der Waals surface area contributed by atoms with Crippen molar-refractivity contribution in [3.63, 3.8) is 0 Å². The van der Waals surface area contributed by atoms with Crippen LogP contribution in [-0.2, 0) is 4.43 Å². The highest BCUT2D eigenvalue weighted by molar-refractivity contribution is 6.74. The Hall–Kier alpha value is 0.167. The van der Waals surface area contributed by atoms with E-state index in [0.717, 1.165) is 6.42 Å². The van der Waals surface area contributed by atoms with Crippen LogP contribution in [0.2, 0.25) is 18.1 Å². The molecule has 2 aliphatic heterocycles. The minimum absolute atomic E-state index is 0.268. The summed E-state index contributed by atoms with van der Waals surface area (Å²) in [6.45, 7) is 11.7. The Morgan fingerprint density at radius 3 is 2.45 bits per heavy atom. The summed E-state index contributed by atoms with van der Waals surface area (Å²) in [4.78, 5) is 2.55. The van der Waals surface area contributed by atoms with Gasteiger partial charge in [0.2, 0.25) is 0 Å². The number of nitrogens with zero attached hydrogens (tertiary/aromatic N) is 1. The topological polar surface area (TPSA) is 12.5 Å². The molecule has 0 amide bonds. The predicted octanol–water partition coefficient (Wildman–Crippen LogP) is 4.61. The van der Waals surface area contributed by atoms with Crippen molar-refractivity contribution >= 4 is 19.9 Å². The van der Waals surface area contributed by atoms with E-state index in [1.165, 1.54) is 12.8 Å². The van der Waals surface area contributed by atoms with Crippen molar-refractivity contribution in [1.29, 1.82) is 0 Å². The summed E-state index contributed by atoms with van der Waals surface area (Å²) in [5.41, 5.74) is 1.69. The summed E-state index contributed by atoms with van der Waals surface area (Å²) in [5, 5.41) is 0.268. The maximum absolute atomic E-state index is 6.74. The molecule has 4 heteroatoms. The Morgan fingerprint density at radius 1 is 1.25 bits per heavy atom. The van der Waals surface area contributed by atoms with Crippen LogP contribution in [0.4, 0.5) is 0 Å². The van der Waals surface area contributed by atoms with Crippen LogP contribution < -0.4 is 0 Å². The molecule has 2 bridgehead atoms. The van der Waals surface area contributed by atoms with Crippen LogP contribution >= 0.6 is 11.6 Å². The van der Waals surface area contributed by atoms with Gasteiger partial charge in [-0.3, -0.25) is 4.90 Å². The number of hydrogen-bond acceptors (Lipinski definition) is 2. The molecular formula is C16H30ClNOSi. The third-order valence-corrected chi connectivity index (χ3v) is 10.5. The fraction of sp³-hybridized carbons (Fsp3) is 0.875. The summed E-state index contributed by atoms with van der Waals surface area (Å²) in [6, 6.07) is 1.31. The van der Waals surface area contributed by atoms with E-state index in [-0.39, 0.29) is 5.04 Å². The molecule has 0 radical (unpaired) electrons. The number of halogens is 1. The van der Waals surface area contributed by atoms with Gasteiger partial charge in [0.05, 0.1) is 6.10 Å². The second kappa shape index (κ2) is 5.75. The first-order valence-electron chi connectivity index (χ1n) is 7.84. The third-order valence-electron chi connectivity index (χ3n) is 5.82. The van der Waals surface area contributed by atoms with E-state index >= 15 is 0 Å². The summed E-state index contributed by atoms with van der Waals surface area (Å²) in [5.74, 6) is 0.449. The van der Waals surface area contributed by atoms with E-state index in [9.17, 15) is 0 Å². The molecule has 0 aromatic carbocycles. The Labute approximate surface area is 130 Å². The second-order valence-electron chi connectivity index (χ2n) is 8.01. The van der Waals surface area contributed by atoms with Crippen molar-refractivity contribution in [3.8, 4) is 0 Å². The maximum Gasteiger partial charge on any atom is 0.192 e. The highest BCUT2D eigenvalue weighted by atomic mass is 35.5. The van der Waals surface area contributed by atoms with E-state index in [1.807, 2.05) is 0 Å². The SMILES string of the molecule is CN1C2CCC1[C@@H](C=CCl)[C@@H](O[Si](C)(C)C(C)(C)C)C2. The van der Waals surface area contributed by atoms with Gasteiger partial charge in [-0.2, -0.15) is 0 Å². The lowest BCUT2D eigenvalue weighted by molar-refractivity contribution is 0.0214. The first-order chi connectivity index (χ1) is 9.17. The Kier molecular flexibility index (Phi) is 4.75. The van der Waals surface area contributed by atoms with Gasteiger partial charge in [0.15, 0.2) is 8.32 Å². The smallest absolute Gasteiger partial charge is 0.192 e. The fourth-order valence-corrected chi connectivity index (χ4v) is 5.01. The third kappa shape index (κ3) is 3.01. The molecule has 2 saturated heterocycles. The molecule has 0 saturated carbocycles. The molecule has 116 valence electrons. The van der Waals surface area contributed by atoms with Crippen LogP contribution in [-0.4, -0.2) is 38.5 Å². The zero-order chi connectivity index (χ0) is 15.1. The molecule has 2 aliphatic rings. The Morgan fingerprint density at radius 2 is 1.90 bits per heavy atom. The number of piperidine rings is 1. The summed E-state index contributed by atoms with van der Waals surface area (Å²) < 4.78 is 6.74. The molecule has 2 heterocycles. The number of hydrogen-bond donors (Lipinski definition) is 0. The van der Waals surface area contributed by atoms with Crippen LogP contribution in [0.5, 0.6) is 0 Å². The van der Waals surface area contributed by atoms with Crippen molar-refractivity contribution in [2.75, 3.05) is 7.05 Å². The molecule has 0 aliphatic carbocycles. The first kappa shape index (κ1) is 16.5. The van der Waals surface area contributed by atoms with Crippen LogP contribution in [0.15, 0.2) is 11.6 Å². The normalized spacial score (nSPS) is 36.0. The van der Waals surface area contributed by atoms with Gasteiger partial charge in [-0.25, -0.2) is 0 Å². The highest BCUT2D eigenvalue weighted by Crippen LogP contribution is 2.44. The van der Waals surface area contributed by atoms with Gasteiger partial charge in [0, 0.05) is 23.5 Å². The van der Waals surface area contributed by atoms with Gasteiger partial charge in [-0.05, 0) is 44.4 Å². The molecule has 0 aromatic rings. The van der Waals surface area contributed by atoms with Gasteiger partial charge in [0.25, 0.3) is 0 Å². The molecule has 0 N–H and O–H groups in total. The molecular weight excluding hydrogens is 286 g/mol. The van der Waals surface area contributed by atoms with E-state index in [4.69, 9.17) is 16.0 Å². The molecule has 4 atom stereocenters. The van der Waals surface area contributed by atoms with Crippen molar-refractivity contribution in [1.82, 2.24) is 4.90 Å². The van der Waals surface area contributed by atoms with Crippen molar-refractivity contribution in [2.24, 2.45) is 5.92 Å². The van der Waals surface area contributed by atoms with Crippen molar-refractivity contribution in [2.45, 2.75) is 76.4 Å². The molecule has 2 rings (SSSR count). The van der Waals surface area contributed by atoms with E-state index < -0.39 is 8.32 Å². The van der Waals surface area contributed by atoms with Crippen LogP contribution in [0.3, 0.4) is 0 Å². The average molecular weight is 316 g/mol. The minimum atomic E-state index is -1.71. The first-order valence-corrected chi connectivity index (χ1v) is 11.2.